The fourth-order valence-electron chi connectivity index (χ4n) is 1.43. The second-order valence-corrected chi connectivity index (χ2v) is 3.56. The zero-order chi connectivity index (χ0) is 8.55. The zero-order valence-corrected chi connectivity index (χ0v) is 7.49. The Labute approximate surface area is 73.2 Å². The lowest BCUT2D eigenvalue weighted by atomic mass is 10.1. The molecule has 1 unspecified atom stereocenters. The van der Waals surface area contributed by atoms with E-state index in [0.717, 1.165) is 0 Å². The van der Waals surface area contributed by atoms with Crippen molar-refractivity contribution >= 4 is 0 Å². The summed E-state index contributed by atoms with van der Waals surface area (Å²) in [7, 11) is 0. The largest absolute Gasteiger partial charge is 0.284 e. The van der Waals surface area contributed by atoms with Crippen LogP contribution in [-0.2, 0) is 0 Å². The molecule has 0 spiro atoms. The molecule has 0 radical (unpaired) electrons. The summed E-state index contributed by atoms with van der Waals surface area (Å²) in [6.07, 6.45) is 10.5. The molecule has 0 aliphatic carbocycles. The summed E-state index contributed by atoms with van der Waals surface area (Å²) in [6.45, 7) is 4.45. The molecule has 12 heavy (non-hydrogen) atoms. The molecule has 2 rings (SSSR count). The molecule has 2 nitrogen and oxygen atoms in total. The zero-order valence-electron chi connectivity index (χ0n) is 7.49. The third-order valence-corrected chi connectivity index (χ3v) is 2.25. The maximum absolute atomic E-state index is 3.40. The Balaban J connectivity index is 2.17. The molecule has 0 bridgehead atoms. The predicted molar refractivity (Wildman–Crippen MR) is 50.0 cm³/mol. The minimum absolute atomic E-state index is 0.479. The number of fused-ring (bicyclic) bond motifs is 1. The van der Waals surface area contributed by atoms with Gasteiger partial charge in [-0.25, -0.2) is 5.43 Å². The Hall–Kier alpha value is -1.02. The number of hydrazine groups is 1. The topological polar surface area (TPSA) is 15.3 Å². The molecule has 0 fully saturated rings. The summed E-state index contributed by atoms with van der Waals surface area (Å²) in [6, 6.07) is 0.479. The third-order valence-electron chi connectivity index (χ3n) is 2.25. The summed E-state index contributed by atoms with van der Waals surface area (Å²) in [5.41, 5.74) is 4.66. The van der Waals surface area contributed by atoms with Gasteiger partial charge in [-0.15, -0.1) is 0 Å². The van der Waals surface area contributed by atoms with Crippen LogP contribution in [0.2, 0.25) is 0 Å². The van der Waals surface area contributed by atoms with E-state index in [-0.39, 0.29) is 0 Å². The molecule has 0 aromatic rings. The van der Waals surface area contributed by atoms with Crippen molar-refractivity contribution < 1.29 is 0 Å². The molecular formula is C10H14N2. The van der Waals surface area contributed by atoms with Crippen molar-refractivity contribution in [1.29, 1.82) is 0 Å². The Morgan fingerprint density at radius 1 is 1.42 bits per heavy atom. The quantitative estimate of drug-likeness (QED) is 0.632. The number of nitrogens with one attached hydrogen (secondary N) is 1. The van der Waals surface area contributed by atoms with Crippen molar-refractivity contribution in [1.82, 2.24) is 10.4 Å². The maximum atomic E-state index is 3.40. The fourth-order valence-corrected chi connectivity index (χ4v) is 1.43. The van der Waals surface area contributed by atoms with E-state index in [1.54, 1.807) is 0 Å². The second kappa shape index (κ2) is 2.79. The van der Waals surface area contributed by atoms with Gasteiger partial charge in [-0.2, -0.15) is 0 Å². The van der Waals surface area contributed by atoms with Crippen LogP contribution in [0.15, 0.2) is 36.2 Å². The number of rotatable bonds is 1. The number of hydrogen-bond acceptors (Lipinski definition) is 2. The summed E-state index contributed by atoms with van der Waals surface area (Å²) >= 11 is 0. The van der Waals surface area contributed by atoms with Crippen molar-refractivity contribution in [3.63, 3.8) is 0 Å². The van der Waals surface area contributed by atoms with Crippen LogP contribution < -0.4 is 5.43 Å². The number of nitrogens with zero attached hydrogens (tertiary/aromatic N) is 1. The Kier molecular flexibility index (Phi) is 1.77. The van der Waals surface area contributed by atoms with Gasteiger partial charge in [0.15, 0.2) is 0 Å². The minimum atomic E-state index is 0.479. The fraction of sp³-hybridized carbons (Fsp3) is 0.400. The first-order valence-corrected chi connectivity index (χ1v) is 4.39. The van der Waals surface area contributed by atoms with Gasteiger partial charge >= 0.3 is 0 Å². The van der Waals surface area contributed by atoms with Crippen molar-refractivity contribution in [3.8, 4) is 0 Å². The van der Waals surface area contributed by atoms with Crippen LogP contribution in [0.3, 0.4) is 0 Å². The molecule has 2 aliphatic rings. The highest BCUT2D eigenvalue weighted by molar-refractivity contribution is 5.31. The second-order valence-electron chi connectivity index (χ2n) is 3.56. The smallest absolute Gasteiger partial charge is 0.0547 e. The van der Waals surface area contributed by atoms with Crippen LogP contribution >= 0.6 is 0 Å². The Morgan fingerprint density at radius 2 is 2.25 bits per heavy atom. The van der Waals surface area contributed by atoms with Crippen LogP contribution in [0.1, 0.15) is 13.8 Å². The number of hydrogen-bond donors (Lipinski definition) is 1. The summed E-state index contributed by atoms with van der Waals surface area (Å²) < 4.78 is 0. The van der Waals surface area contributed by atoms with Crippen LogP contribution in [0, 0.1) is 5.92 Å². The van der Waals surface area contributed by atoms with Crippen molar-refractivity contribution in [2.24, 2.45) is 5.92 Å². The molecule has 0 saturated carbocycles. The molecule has 2 heteroatoms. The highest BCUT2D eigenvalue weighted by atomic mass is 15.5. The van der Waals surface area contributed by atoms with Crippen molar-refractivity contribution in [2.75, 3.05) is 0 Å². The van der Waals surface area contributed by atoms with E-state index in [1.807, 2.05) is 12.3 Å². The SMILES string of the molecule is CC(C)C1C=C2C=CC=CN2N1. The van der Waals surface area contributed by atoms with E-state index in [1.165, 1.54) is 5.70 Å². The van der Waals surface area contributed by atoms with Gasteiger partial charge in [-0.3, -0.25) is 5.01 Å². The van der Waals surface area contributed by atoms with Gasteiger partial charge in [-0.05, 0) is 24.1 Å². The first-order chi connectivity index (χ1) is 5.77. The van der Waals surface area contributed by atoms with Crippen LogP contribution in [0.4, 0.5) is 0 Å². The molecule has 64 valence electrons. The summed E-state index contributed by atoms with van der Waals surface area (Å²) in [5.74, 6) is 0.643. The lowest BCUT2D eigenvalue weighted by molar-refractivity contribution is 0.313. The molecule has 0 amide bonds. The van der Waals surface area contributed by atoms with Gasteiger partial charge in [0.2, 0.25) is 0 Å². The molecule has 0 aromatic carbocycles. The monoisotopic (exact) mass is 162 g/mol. The highest BCUT2D eigenvalue weighted by Gasteiger charge is 2.22. The average molecular weight is 162 g/mol. The van der Waals surface area contributed by atoms with Crippen molar-refractivity contribution in [2.45, 2.75) is 19.9 Å². The predicted octanol–water partition coefficient (Wildman–Crippen LogP) is 1.80. The van der Waals surface area contributed by atoms with Crippen LogP contribution in [0.5, 0.6) is 0 Å². The highest BCUT2D eigenvalue weighted by Crippen LogP contribution is 2.20. The molecule has 0 aromatic heterocycles. The van der Waals surface area contributed by atoms with E-state index in [2.05, 4.69) is 42.5 Å². The molecule has 2 aliphatic heterocycles. The molecule has 2 heterocycles. The van der Waals surface area contributed by atoms with Gasteiger partial charge in [0.1, 0.15) is 0 Å². The van der Waals surface area contributed by atoms with E-state index >= 15 is 0 Å². The van der Waals surface area contributed by atoms with E-state index < -0.39 is 0 Å². The van der Waals surface area contributed by atoms with E-state index in [9.17, 15) is 0 Å². The molecule has 1 atom stereocenters. The van der Waals surface area contributed by atoms with Crippen LogP contribution in [0.25, 0.3) is 0 Å². The Morgan fingerprint density at radius 3 is 2.92 bits per heavy atom. The maximum Gasteiger partial charge on any atom is 0.0547 e. The van der Waals surface area contributed by atoms with E-state index in [0.29, 0.717) is 12.0 Å². The standard InChI is InChI=1S/C10H14N2/c1-8(2)10-7-9-5-3-4-6-12(9)11-10/h3-8,10-11H,1-2H3. The lowest BCUT2D eigenvalue weighted by Crippen LogP contribution is -2.36. The normalized spacial score (nSPS) is 26.4. The first-order valence-electron chi connectivity index (χ1n) is 4.39. The Bertz CT molecular complexity index is 261. The summed E-state index contributed by atoms with van der Waals surface area (Å²) in [4.78, 5) is 0. The average Bonchev–Trinajstić information content (AvgIpc) is 2.46. The van der Waals surface area contributed by atoms with Gasteiger partial charge in [0.05, 0.1) is 5.70 Å². The van der Waals surface area contributed by atoms with Gasteiger partial charge in [0.25, 0.3) is 0 Å². The summed E-state index contributed by atoms with van der Waals surface area (Å²) in [5, 5.41) is 2.07. The first kappa shape index (κ1) is 7.62. The van der Waals surface area contributed by atoms with Crippen LogP contribution in [-0.4, -0.2) is 11.1 Å². The van der Waals surface area contributed by atoms with E-state index in [4.69, 9.17) is 0 Å². The van der Waals surface area contributed by atoms with Gasteiger partial charge in [-0.1, -0.05) is 19.9 Å². The third kappa shape index (κ3) is 1.18. The number of allylic oxidation sites excluding steroid dienone is 3. The minimum Gasteiger partial charge on any atom is -0.284 e. The van der Waals surface area contributed by atoms with Crippen molar-refractivity contribution in [3.05, 3.63) is 36.2 Å². The molecule has 1 N–H and O–H groups in total. The lowest BCUT2D eigenvalue weighted by Gasteiger charge is -2.21. The molecular weight excluding hydrogens is 148 g/mol. The van der Waals surface area contributed by atoms with Gasteiger partial charge < -0.3 is 0 Å². The van der Waals surface area contributed by atoms with Gasteiger partial charge in [0, 0.05) is 12.2 Å². The molecule has 0 saturated heterocycles.